The Kier molecular flexibility index (Phi) is 3.38. The fraction of sp³-hybridized carbons (Fsp3) is 0.500. The zero-order valence-electron chi connectivity index (χ0n) is 8.82. The molecule has 0 saturated heterocycles. The van der Waals surface area contributed by atoms with E-state index in [1.54, 1.807) is 0 Å². The molecular weight excluding hydrogens is 180 g/mol. The molecule has 1 rings (SSSR count). The van der Waals surface area contributed by atoms with Crippen molar-refractivity contribution in [3.63, 3.8) is 0 Å². The summed E-state index contributed by atoms with van der Waals surface area (Å²) < 4.78 is 0. The Morgan fingerprint density at radius 3 is 2.15 bits per heavy atom. The summed E-state index contributed by atoms with van der Waals surface area (Å²) in [6, 6.07) is 4.49. The van der Waals surface area contributed by atoms with Crippen molar-refractivity contribution in [1.29, 1.82) is 0 Å². The van der Waals surface area contributed by atoms with Gasteiger partial charge in [-0.25, -0.2) is 0 Å². The van der Waals surface area contributed by atoms with Crippen LogP contribution < -0.4 is 0 Å². The number of benzene rings is 1. The van der Waals surface area contributed by atoms with Gasteiger partial charge in [-0.05, 0) is 56.4 Å². The number of hydrogen-bond acceptors (Lipinski definition) is 0. The summed E-state index contributed by atoms with van der Waals surface area (Å²) in [5.74, 6) is 0. The van der Waals surface area contributed by atoms with Crippen molar-refractivity contribution in [1.82, 2.24) is 0 Å². The molecule has 0 fully saturated rings. The van der Waals surface area contributed by atoms with E-state index in [2.05, 4.69) is 32.9 Å². The summed E-state index contributed by atoms with van der Waals surface area (Å²) in [5.41, 5.74) is 5.46. The number of rotatable bonds is 2. The first-order valence-electron chi connectivity index (χ1n) is 4.71. The molecule has 1 heteroatoms. The Morgan fingerprint density at radius 2 is 1.62 bits per heavy atom. The molecule has 1 aromatic carbocycles. The zero-order chi connectivity index (χ0) is 10.0. The van der Waals surface area contributed by atoms with Gasteiger partial charge >= 0.3 is 0 Å². The molecule has 0 radical (unpaired) electrons. The molecule has 0 aliphatic rings. The predicted molar refractivity (Wildman–Crippen MR) is 59.7 cm³/mol. The minimum absolute atomic E-state index is 0.223. The van der Waals surface area contributed by atoms with Crippen LogP contribution >= 0.6 is 11.6 Å². The van der Waals surface area contributed by atoms with Crippen molar-refractivity contribution < 1.29 is 0 Å². The Morgan fingerprint density at radius 1 is 1.08 bits per heavy atom. The number of alkyl halides is 1. The van der Waals surface area contributed by atoms with Gasteiger partial charge in [0, 0.05) is 5.38 Å². The maximum Gasteiger partial charge on any atom is 0.0348 e. The summed E-state index contributed by atoms with van der Waals surface area (Å²) in [6.07, 6.45) is 0.967. The molecule has 1 aromatic rings. The van der Waals surface area contributed by atoms with Crippen molar-refractivity contribution in [2.45, 2.75) is 39.5 Å². The second kappa shape index (κ2) is 4.15. The normalized spacial score (nSPS) is 13.0. The average Bonchev–Trinajstić information content (AvgIpc) is 1.99. The van der Waals surface area contributed by atoms with Gasteiger partial charge < -0.3 is 0 Å². The van der Waals surface area contributed by atoms with Crippen LogP contribution in [0, 0.1) is 20.8 Å². The van der Waals surface area contributed by atoms with Crippen LogP contribution in [0.3, 0.4) is 0 Å². The van der Waals surface area contributed by atoms with Crippen LogP contribution in [0.15, 0.2) is 12.1 Å². The third-order valence-electron chi connectivity index (χ3n) is 2.45. The van der Waals surface area contributed by atoms with E-state index in [1.165, 1.54) is 22.3 Å². The molecule has 0 heterocycles. The SMILES string of the molecule is Cc1cc(C)c(CC(C)Cl)cc1C. The van der Waals surface area contributed by atoms with E-state index >= 15 is 0 Å². The van der Waals surface area contributed by atoms with Crippen molar-refractivity contribution in [2.24, 2.45) is 0 Å². The second-order valence-corrected chi connectivity index (χ2v) is 4.59. The molecule has 0 spiro atoms. The smallest absolute Gasteiger partial charge is 0.0348 e. The lowest BCUT2D eigenvalue weighted by Gasteiger charge is -2.10. The molecule has 1 atom stereocenters. The second-order valence-electron chi connectivity index (χ2n) is 3.85. The quantitative estimate of drug-likeness (QED) is 0.632. The van der Waals surface area contributed by atoms with Gasteiger partial charge in [0.2, 0.25) is 0 Å². The van der Waals surface area contributed by atoms with E-state index in [1.807, 2.05) is 6.92 Å². The minimum Gasteiger partial charge on any atom is -0.123 e. The van der Waals surface area contributed by atoms with E-state index in [0.29, 0.717) is 0 Å². The van der Waals surface area contributed by atoms with Crippen LogP contribution in [0.25, 0.3) is 0 Å². The van der Waals surface area contributed by atoms with Gasteiger partial charge in [0.25, 0.3) is 0 Å². The first-order chi connectivity index (χ1) is 6.00. The molecule has 0 aromatic heterocycles. The highest BCUT2D eigenvalue weighted by Crippen LogP contribution is 2.18. The molecule has 0 bridgehead atoms. The minimum atomic E-state index is 0.223. The van der Waals surface area contributed by atoms with Crippen LogP contribution in [-0.4, -0.2) is 5.38 Å². The lowest BCUT2D eigenvalue weighted by Crippen LogP contribution is -2.00. The predicted octanol–water partition coefficient (Wildman–Crippen LogP) is 3.78. The third kappa shape index (κ3) is 2.73. The molecule has 1 unspecified atom stereocenters. The van der Waals surface area contributed by atoms with Gasteiger partial charge in [-0.3, -0.25) is 0 Å². The largest absolute Gasteiger partial charge is 0.123 e. The van der Waals surface area contributed by atoms with E-state index in [0.717, 1.165) is 6.42 Å². The molecule has 0 saturated carbocycles. The lowest BCUT2D eigenvalue weighted by atomic mass is 9.98. The first kappa shape index (κ1) is 10.6. The third-order valence-corrected chi connectivity index (χ3v) is 2.61. The van der Waals surface area contributed by atoms with Gasteiger partial charge in [-0.15, -0.1) is 11.6 Å². The average molecular weight is 197 g/mol. The Labute approximate surface area is 85.9 Å². The maximum atomic E-state index is 5.98. The summed E-state index contributed by atoms with van der Waals surface area (Å²) in [7, 11) is 0. The Bertz CT molecular complexity index is 300. The van der Waals surface area contributed by atoms with Gasteiger partial charge in [0.05, 0.1) is 0 Å². The highest BCUT2D eigenvalue weighted by Gasteiger charge is 2.04. The first-order valence-corrected chi connectivity index (χ1v) is 5.15. The number of hydrogen-bond donors (Lipinski definition) is 0. The summed E-state index contributed by atoms with van der Waals surface area (Å²) in [6.45, 7) is 8.49. The van der Waals surface area contributed by atoms with Crippen LogP contribution in [0.1, 0.15) is 29.2 Å². The van der Waals surface area contributed by atoms with E-state index in [4.69, 9.17) is 11.6 Å². The van der Waals surface area contributed by atoms with Crippen molar-refractivity contribution >= 4 is 11.6 Å². The van der Waals surface area contributed by atoms with Gasteiger partial charge in [-0.2, -0.15) is 0 Å². The monoisotopic (exact) mass is 196 g/mol. The topological polar surface area (TPSA) is 0 Å². The highest BCUT2D eigenvalue weighted by atomic mass is 35.5. The zero-order valence-corrected chi connectivity index (χ0v) is 9.57. The van der Waals surface area contributed by atoms with E-state index in [-0.39, 0.29) is 5.38 Å². The maximum absolute atomic E-state index is 5.98. The van der Waals surface area contributed by atoms with Crippen molar-refractivity contribution in [3.8, 4) is 0 Å². The van der Waals surface area contributed by atoms with Crippen LogP contribution in [0.5, 0.6) is 0 Å². The summed E-state index contributed by atoms with van der Waals surface area (Å²) >= 11 is 5.98. The van der Waals surface area contributed by atoms with Crippen LogP contribution in [-0.2, 0) is 6.42 Å². The fourth-order valence-corrected chi connectivity index (χ4v) is 1.71. The molecule has 0 aliphatic heterocycles. The molecule has 72 valence electrons. The standard InChI is InChI=1S/C12H17Cl/c1-8-5-10(3)12(6-9(8)2)7-11(4)13/h5-6,11H,7H2,1-4H3. The molecule has 0 nitrogen and oxygen atoms in total. The highest BCUT2D eigenvalue weighted by molar-refractivity contribution is 6.20. The van der Waals surface area contributed by atoms with E-state index in [9.17, 15) is 0 Å². The summed E-state index contributed by atoms with van der Waals surface area (Å²) in [4.78, 5) is 0. The van der Waals surface area contributed by atoms with Gasteiger partial charge in [0.1, 0.15) is 0 Å². The number of aryl methyl sites for hydroxylation is 3. The van der Waals surface area contributed by atoms with Gasteiger partial charge in [0.15, 0.2) is 0 Å². The van der Waals surface area contributed by atoms with Crippen molar-refractivity contribution in [2.75, 3.05) is 0 Å². The fourth-order valence-electron chi connectivity index (χ4n) is 1.54. The molecule has 13 heavy (non-hydrogen) atoms. The molecular formula is C12H17Cl. The molecule has 0 aliphatic carbocycles. The molecule has 0 amide bonds. The van der Waals surface area contributed by atoms with E-state index < -0.39 is 0 Å². The lowest BCUT2D eigenvalue weighted by molar-refractivity contribution is 0.918. The Balaban J connectivity index is 3.01. The van der Waals surface area contributed by atoms with Crippen LogP contribution in [0.4, 0.5) is 0 Å². The van der Waals surface area contributed by atoms with Crippen LogP contribution in [0.2, 0.25) is 0 Å². The number of halogens is 1. The Hall–Kier alpha value is -0.490. The molecule has 0 N–H and O–H groups in total. The van der Waals surface area contributed by atoms with Gasteiger partial charge in [-0.1, -0.05) is 12.1 Å². The van der Waals surface area contributed by atoms with Crippen molar-refractivity contribution in [3.05, 3.63) is 34.4 Å². The summed E-state index contributed by atoms with van der Waals surface area (Å²) in [5, 5.41) is 0.223.